The zero-order valence-electron chi connectivity index (χ0n) is 10.2. The van der Waals surface area contributed by atoms with E-state index >= 15 is 0 Å². The molecular formula is C13H19FN2O. The van der Waals surface area contributed by atoms with Gasteiger partial charge in [-0.2, -0.15) is 0 Å². The van der Waals surface area contributed by atoms with Gasteiger partial charge in [0.05, 0.1) is 6.61 Å². The fourth-order valence-electron chi connectivity index (χ4n) is 2.29. The average molecular weight is 238 g/mol. The number of piperazine rings is 1. The Morgan fingerprint density at radius 1 is 1.24 bits per heavy atom. The van der Waals surface area contributed by atoms with Crippen molar-refractivity contribution in [1.82, 2.24) is 4.90 Å². The van der Waals surface area contributed by atoms with Crippen LogP contribution >= 0.6 is 0 Å². The summed E-state index contributed by atoms with van der Waals surface area (Å²) in [5, 5.41) is 9.27. The van der Waals surface area contributed by atoms with Gasteiger partial charge >= 0.3 is 0 Å². The van der Waals surface area contributed by atoms with Gasteiger partial charge in [-0.05, 0) is 24.7 Å². The number of likely N-dealkylation sites (N-methyl/N-ethyl adjacent to an activating group) is 1. The van der Waals surface area contributed by atoms with Crippen LogP contribution in [0.5, 0.6) is 0 Å². The maximum Gasteiger partial charge on any atom is 0.123 e. The smallest absolute Gasteiger partial charge is 0.123 e. The van der Waals surface area contributed by atoms with Crippen LogP contribution in [-0.4, -0.2) is 42.7 Å². The van der Waals surface area contributed by atoms with Crippen LogP contribution in [0.25, 0.3) is 0 Å². The van der Waals surface area contributed by atoms with Crippen LogP contribution in [0.4, 0.5) is 10.1 Å². The van der Waals surface area contributed by atoms with Crippen molar-refractivity contribution >= 4 is 5.69 Å². The van der Waals surface area contributed by atoms with Crippen LogP contribution < -0.4 is 4.90 Å². The third-order valence-electron chi connectivity index (χ3n) is 3.37. The molecule has 0 aliphatic carbocycles. The van der Waals surface area contributed by atoms with E-state index in [0.717, 1.165) is 38.4 Å². The molecule has 0 unspecified atom stereocenters. The van der Waals surface area contributed by atoms with Gasteiger partial charge in [0.1, 0.15) is 5.82 Å². The second-order valence-electron chi connectivity index (χ2n) is 4.35. The van der Waals surface area contributed by atoms with Crippen molar-refractivity contribution in [1.29, 1.82) is 0 Å². The lowest BCUT2D eigenvalue weighted by Crippen LogP contribution is -2.46. The van der Waals surface area contributed by atoms with Crippen molar-refractivity contribution in [3.63, 3.8) is 0 Å². The van der Waals surface area contributed by atoms with E-state index in [9.17, 15) is 9.50 Å². The van der Waals surface area contributed by atoms with Crippen LogP contribution in [0.3, 0.4) is 0 Å². The number of benzene rings is 1. The molecule has 1 aromatic carbocycles. The van der Waals surface area contributed by atoms with Crippen molar-refractivity contribution in [2.75, 3.05) is 37.6 Å². The molecule has 0 spiro atoms. The summed E-state index contributed by atoms with van der Waals surface area (Å²) in [6, 6.07) is 4.64. The molecule has 0 bridgehead atoms. The second kappa shape index (κ2) is 5.47. The lowest BCUT2D eigenvalue weighted by Gasteiger charge is -2.36. The van der Waals surface area contributed by atoms with Crippen molar-refractivity contribution in [3.05, 3.63) is 29.6 Å². The van der Waals surface area contributed by atoms with Gasteiger partial charge in [0.2, 0.25) is 0 Å². The molecule has 1 N–H and O–H groups in total. The maximum absolute atomic E-state index is 13.1. The predicted octanol–water partition coefficient (Wildman–Crippen LogP) is 1.46. The van der Waals surface area contributed by atoms with E-state index in [2.05, 4.69) is 16.7 Å². The first-order valence-electron chi connectivity index (χ1n) is 6.11. The Labute approximate surface area is 101 Å². The number of rotatable bonds is 3. The van der Waals surface area contributed by atoms with Gasteiger partial charge in [0, 0.05) is 37.4 Å². The van der Waals surface area contributed by atoms with E-state index in [0.29, 0.717) is 5.56 Å². The van der Waals surface area contributed by atoms with Crippen molar-refractivity contribution in [2.24, 2.45) is 0 Å². The zero-order valence-corrected chi connectivity index (χ0v) is 10.2. The zero-order chi connectivity index (χ0) is 12.3. The first kappa shape index (κ1) is 12.3. The van der Waals surface area contributed by atoms with Crippen LogP contribution in [0.1, 0.15) is 12.5 Å². The Kier molecular flexibility index (Phi) is 3.97. The molecule has 94 valence electrons. The largest absolute Gasteiger partial charge is 0.392 e. The summed E-state index contributed by atoms with van der Waals surface area (Å²) in [7, 11) is 0. The molecule has 1 aromatic rings. The molecule has 2 rings (SSSR count). The number of aliphatic hydroxyl groups is 1. The predicted molar refractivity (Wildman–Crippen MR) is 66.6 cm³/mol. The van der Waals surface area contributed by atoms with E-state index in [-0.39, 0.29) is 12.4 Å². The van der Waals surface area contributed by atoms with Gasteiger partial charge < -0.3 is 14.9 Å². The molecule has 0 saturated carbocycles. The molecule has 3 nitrogen and oxygen atoms in total. The van der Waals surface area contributed by atoms with Crippen molar-refractivity contribution < 1.29 is 9.50 Å². The van der Waals surface area contributed by atoms with Gasteiger partial charge in [-0.1, -0.05) is 6.92 Å². The van der Waals surface area contributed by atoms with Crippen LogP contribution in [-0.2, 0) is 6.61 Å². The van der Waals surface area contributed by atoms with E-state index in [1.54, 1.807) is 6.07 Å². The normalized spacial score (nSPS) is 17.5. The fraction of sp³-hybridized carbons (Fsp3) is 0.538. The molecule has 1 saturated heterocycles. The van der Waals surface area contributed by atoms with Gasteiger partial charge in [-0.15, -0.1) is 0 Å². The van der Waals surface area contributed by atoms with E-state index in [1.165, 1.54) is 12.1 Å². The molecule has 1 heterocycles. The van der Waals surface area contributed by atoms with E-state index in [1.807, 2.05) is 0 Å². The Morgan fingerprint density at radius 2 is 1.94 bits per heavy atom. The third kappa shape index (κ3) is 2.76. The molecule has 0 atom stereocenters. The SMILES string of the molecule is CCN1CCN(c2ccc(F)cc2CO)CC1. The van der Waals surface area contributed by atoms with Gasteiger partial charge in [0.25, 0.3) is 0 Å². The molecule has 0 radical (unpaired) electrons. The van der Waals surface area contributed by atoms with Crippen LogP contribution in [0, 0.1) is 5.82 Å². The molecule has 1 fully saturated rings. The minimum Gasteiger partial charge on any atom is -0.392 e. The number of halogens is 1. The average Bonchev–Trinajstić information content (AvgIpc) is 2.39. The number of hydrogen-bond acceptors (Lipinski definition) is 3. The molecule has 1 aliphatic rings. The summed E-state index contributed by atoms with van der Waals surface area (Å²) < 4.78 is 13.1. The Bertz CT molecular complexity index is 376. The molecule has 4 heteroatoms. The quantitative estimate of drug-likeness (QED) is 0.863. The summed E-state index contributed by atoms with van der Waals surface area (Å²) in [6.07, 6.45) is 0. The number of hydrogen-bond donors (Lipinski definition) is 1. The highest BCUT2D eigenvalue weighted by Gasteiger charge is 2.18. The molecule has 1 aliphatic heterocycles. The highest BCUT2D eigenvalue weighted by atomic mass is 19.1. The molecular weight excluding hydrogens is 219 g/mol. The number of aliphatic hydroxyl groups excluding tert-OH is 1. The molecule has 17 heavy (non-hydrogen) atoms. The van der Waals surface area contributed by atoms with Crippen molar-refractivity contribution in [3.8, 4) is 0 Å². The number of anilines is 1. The van der Waals surface area contributed by atoms with Crippen molar-refractivity contribution in [2.45, 2.75) is 13.5 Å². The minimum atomic E-state index is -0.287. The maximum atomic E-state index is 13.1. The summed E-state index contributed by atoms with van der Waals surface area (Å²) >= 11 is 0. The van der Waals surface area contributed by atoms with Gasteiger partial charge in [0.15, 0.2) is 0 Å². The lowest BCUT2D eigenvalue weighted by atomic mass is 10.1. The Balaban J connectivity index is 2.12. The summed E-state index contributed by atoms with van der Waals surface area (Å²) in [6.45, 7) is 7.05. The van der Waals surface area contributed by atoms with E-state index in [4.69, 9.17) is 0 Å². The Hall–Kier alpha value is -1.13. The van der Waals surface area contributed by atoms with Gasteiger partial charge in [-0.25, -0.2) is 4.39 Å². The molecule has 0 aromatic heterocycles. The first-order valence-corrected chi connectivity index (χ1v) is 6.11. The summed E-state index contributed by atoms with van der Waals surface area (Å²) in [4.78, 5) is 4.61. The monoisotopic (exact) mass is 238 g/mol. The summed E-state index contributed by atoms with van der Waals surface area (Å²) in [5.41, 5.74) is 1.64. The fourth-order valence-corrected chi connectivity index (χ4v) is 2.29. The Morgan fingerprint density at radius 3 is 2.53 bits per heavy atom. The van der Waals surface area contributed by atoms with Gasteiger partial charge in [-0.3, -0.25) is 0 Å². The highest BCUT2D eigenvalue weighted by Crippen LogP contribution is 2.23. The highest BCUT2D eigenvalue weighted by molar-refractivity contribution is 5.54. The first-order chi connectivity index (χ1) is 8.24. The minimum absolute atomic E-state index is 0.110. The number of nitrogens with zero attached hydrogens (tertiary/aromatic N) is 2. The topological polar surface area (TPSA) is 26.7 Å². The second-order valence-corrected chi connectivity index (χ2v) is 4.35. The lowest BCUT2D eigenvalue weighted by molar-refractivity contribution is 0.267. The van der Waals surface area contributed by atoms with Crippen LogP contribution in [0.15, 0.2) is 18.2 Å². The standard InChI is InChI=1S/C13H19FN2O/c1-2-15-5-7-16(8-6-15)13-4-3-12(14)9-11(13)10-17/h3-4,9,17H,2,5-8,10H2,1H3. The molecule has 0 amide bonds. The van der Waals surface area contributed by atoms with E-state index < -0.39 is 0 Å². The summed E-state index contributed by atoms with van der Waals surface area (Å²) in [5.74, 6) is -0.287. The third-order valence-corrected chi connectivity index (χ3v) is 3.37. The van der Waals surface area contributed by atoms with Crippen LogP contribution in [0.2, 0.25) is 0 Å².